The van der Waals surface area contributed by atoms with Crippen molar-refractivity contribution in [2.45, 2.75) is 6.92 Å². The van der Waals surface area contributed by atoms with E-state index >= 15 is 0 Å². The maximum atomic E-state index is 6.01. The van der Waals surface area contributed by atoms with E-state index in [9.17, 15) is 0 Å². The Hall–Kier alpha value is -1.44. The molecule has 0 aliphatic carbocycles. The Morgan fingerprint density at radius 3 is 2.84 bits per heavy atom. The first-order valence-electron chi connectivity index (χ1n) is 5.79. The van der Waals surface area contributed by atoms with E-state index in [2.05, 4.69) is 15.1 Å². The molecule has 104 valence electrons. The van der Waals surface area contributed by atoms with Crippen LogP contribution in [0.5, 0.6) is 5.88 Å². The third-order valence-corrected chi connectivity index (χ3v) is 2.82. The van der Waals surface area contributed by atoms with Gasteiger partial charge in [0.15, 0.2) is 0 Å². The van der Waals surface area contributed by atoms with Crippen LogP contribution in [0.2, 0.25) is 5.15 Å². The molecule has 0 bridgehead atoms. The van der Waals surface area contributed by atoms with Crippen LogP contribution in [0.15, 0.2) is 6.33 Å². The van der Waals surface area contributed by atoms with Gasteiger partial charge in [0.05, 0.1) is 19.8 Å². The molecule has 19 heavy (non-hydrogen) atoms. The first-order valence-corrected chi connectivity index (χ1v) is 6.17. The third-order valence-electron chi connectivity index (χ3n) is 2.45. The van der Waals surface area contributed by atoms with Gasteiger partial charge in [-0.15, -0.1) is 0 Å². The van der Waals surface area contributed by atoms with Crippen molar-refractivity contribution in [2.24, 2.45) is 0 Å². The van der Waals surface area contributed by atoms with Gasteiger partial charge in [-0.25, -0.2) is 0 Å². The second-order valence-electron chi connectivity index (χ2n) is 3.76. The fourth-order valence-corrected chi connectivity index (χ4v) is 1.64. The number of hydrogen-bond acceptors (Lipinski definition) is 6. The summed E-state index contributed by atoms with van der Waals surface area (Å²) >= 11 is 6.01. The molecule has 7 nitrogen and oxygen atoms in total. The zero-order chi connectivity index (χ0) is 13.7. The molecule has 0 atom stereocenters. The van der Waals surface area contributed by atoms with E-state index < -0.39 is 0 Å². The van der Waals surface area contributed by atoms with Crippen LogP contribution in [-0.2, 0) is 9.47 Å². The molecule has 0 amide bonds. The number of nitrogens with zero attached hydrogens (tertiary/aromatic N) is 4. The van der Waals surface area contributed by atoms with Crippen molar-refractivity contribution >= 4 is 17.4 Å². The lowest BCUT2D eigenvalue weighted by atomic mass is 10.4. The van der Waals surface area contributed by atoms with Crippen molar-refractivity contribution in [1.29, 1.82) is 0 Å². The van der Waals surface area contributed by atoms with Crippen LogP contribution in [0, 0.1) is 6.92 Å². The molecule has 0 saturated heterocycles. The van der Waals surface area contributed by atoms with E-state index in [1.165, 1.54) is 10.8 Å². The SMILES string of the molecule is COCCOCCOc1c(C)c(Cl)nc2ncnn12. The molecule has 0 aliphatic rings. The number of ether oxygens (including phenoxy) is 3. The molecular weight excluding hydrogens is 272 g/mol. The summed E-state index contributed by atoms with van der Waals surface area (Å²) in [4.78, 5) is 8.07. The van der Waals surface area contributed by atoms with E-state index in [1.807, 2.05) is 6.92 Å². The molecular formula is C11H15ClN4O3. The van der Waals surface area contributed by atoms with Gasteiger partial charge in [-0.1, -0.05) is 11.6 Å². The van der Waals surface area contributed by atoms with Gasteiger partial charge in [-0.3, -0.25) is 0 Å². The number of methoxy groups -OCH3 is 1. The quantitative estimate of drug-likeness (QED) is 0.561. The Labute approximate surface area is 115 Å². The van der Waals surface area contributed by atoms with Crippen LogP contribution in [0.4, 0.5) is 0 Å². The average molecular weight is 287 g/mol. The van der Waals surface area contributed by atoms with Crippen molar-refractivity contribution in [3.8, 4) is 5.88 Å². The Morgan fingerprint density at radius 1 is 1.26 bits per heavy atom. The lowest BCUT2D eigenvalue weighted by Gasteiger charge is -2.11. The summed E-state index contributed by atoms with van der Waals surface area (Å²) in [6, 6.07) is 0. The molecule has 2 aromatic heterocycles. The van der Waals surface area contributed by atoms with Crippen LogP contribution < -0.4 is 4.74 Å². The molecule has 0 aliphatic heterocycles. The molecule has 0 unspecified atom stereocenters. The van der Waals surface area contributed by atoms with Crippen molar-refractivity contribution in [3.05, 3.63) is 17.0 Å². The van der Waals surface area contributed by atoms with Crippen molar-refractivity contribution < 1.29 is 14.2 Å². The summed E-state index contributed by atoms with van der Waals surface area (Å²) in [5.41, 5.74) is 0.719. The lowest BCUT2D eigenvalue weighted by Crippen LogP contribution is -2.13. The lowest BCUT2D eigenvalue weighted by molar-refractivity contribution is 0.0531. The molecule has 0 aromatic carbocycles. The summed E-state index contributed by atoms with van der Waals surface area (Å²) in [5, 5.41) is 4.40. The van der Waals surface area contributed by atoms with Gasteiger partial charge in [0.2, 0.25) is 5.88 Å². The summed E-state index contributed by atoms with van der Waals surface area (Å²) in [6.45, 7) is 3.76. The van der Waals surface area contributed by atoms with Crippen LogP contribution in [0.25, 0.3) is 5.78 Å². The van der Waals surface area contributed by atoms with Gasteiger partial charge in [-0.2, -0.15) is 19.6 Å². The van der Waals surface area contributed by atoms with Crippen LogP contribution in [0.1, 0.15) is 5.56 Å². The highest BCUT2D eigenvalue weighted by atomic mass is 35.5. The van der Waals surface area contributed by atoms with E-state index in [4.69, 9.17) is 25.8 Å². The fraction of sp³-hybridized carbons (Fsp3) is 0.545. The monoisotopic (exact) mass is 286 g/mol. The highest BCUT2D eigenvalue weighted by Crippen LogP contribution is 2.23. The topological polar surface area (TPSA) is 70.8 Å². The highest BCUT2D eigenvalue weighted by molar-refractivity contribution is 6.30. The molecule has 0 N–H and O–H groups in total. The number of halogens is 1. The Bertz CT molecular complexity index is 546. The summed E-state index contributed by atoms with van der Waals surface area (Å²) in [5.74, 6) is 0.939. The summed E-state index contributed by atoms with van der Waals surface area (Å²) < 4.78 is 17.3. The van der Waals surface area contributed by atoms with Crippen LogP contribution in [-0.4, -0.2) is 53.1 Å². The highest BCUT2D eigenvalue weighted by Gasteiger charge is 2.13. The number of rotatable bonds is 7. The molecule has 2 aromatic rings. The molecule has 2 rings (SSSR count). The van der Waals surface area contributed by atoms with Crippen LogP contribution in [0.3, 0.4) is 0 Å². The van der Waals surface area contributed by atoms with Gasteiger partial charge >= 0.3 is 0 Å². The summed E-state index contributed by atoms with van der Waals surface area (Å²) in [7, 11) is 1.63. The Kier molecular flexibility index (Phi) is 4.89. The third kappa shape index (κ3) is 3.31. The average Bonchev–Trinajstić information content (AvgIpc) is 2.85. The standard InChI is InChI=1S/C11H15ClN4O3/c1-8-9(12)15-11-13-7-14-16(11)10(8)19-6-5-18-4-3-17-2/h7H,3-6H2,1-2H3. The summed E-state index contributed by atoms with van der Waals surface area (Å²) in [6.07, 6.45) is 1.40. The normalized spacial score (nSPS) is 11.1. The molecule has 0 saturated carbocycles. The van der Waals surface area contributed by atoms with E-state index in [-0.39, 0.29) is 0 Å². The van der Waals surface area contributed by atoms with E-state index in [0.29, 0.717) is 43.2 Å². The van der Waals surface area contributed by atoms with Crippen molar-refractivity contribution in [2.75, 3.05) is 33.5 Å². The zero-order valence-corrected chi connectivity index (χ0v) is 11.6. The maximum absolute atomic E-state index is 6.01. The smallest absolute Gasteiger partial charge is 0.256 e. The second kappa shape index (κ2) is 6.65. The number of fused-ring (bicyclic) bond motifs is 1. The van der Waals surface area contributed by atoms with Crippen molar-refractivity contribution in [3.63, 3.8) is 0 Å². The first-order chi connectivity index (χ1) is 9.24. The predicted molar refractivity (Wildman–Crippen MR) is 68.7 cm³/mol. The van der Waals surface area contributed by atoms with Crippen molar-refractivity contribution in [1.82, 2.24) is 19.6 Å². The fourth-order valence-electron chi connectivity index (χ4n) is 1.48. The van der Waals surface area contributed by atoms with Gasteiger partial charge in [0.1, 0.15) is 18.1 Å². The van der Waals surface area contributed by atoms with Gasteiger partial charge in [0, 0.05) is 12.7 Å². The maximum Gasteiger partial charge on any atom is 0.256 e. The Morgan fingerprint density at radius 2 is 2.05 bits per heavy atom. The van der Waals surface area contributed by atoms with E-state index in [1.54, 1.807) is 7.11 Å². The minimum Gasteiger partial charge on any atom is -0.475 e. The minimum absolute atomic E-state index is 0.357. The molecule has 0 fully saturated rings. The number of hydrogen-bond donors (Lipinski definition) is 0. The Balaban J connectivity index is 1.99. The first kappa shape index (κ1) is 14.0. The van der Waals surface area contributed by atoms with Gasteiger partial charge < -0.3 is 14.2 Å². The van der Waals surface area contributed by atoms with E-state index in [0.717, 1.165) is 5.56 Å². The second-order valence-corrected chi connectivity index (χ2v) is 4.12. The minimum atomic E-state index is 0.357. The predicted octanol–water partition coefficient (Wildman–Crippen LogP) is 1.13. The number of aromatic nitrogens is 4. The molecule has 2 heterocycles. The largest absolute Gasteiger partial charge is 0.475 e. The van der Waals surface area contributed by atoms with Gasteiger partial charge in [-0.05, 0) is 6.92 Å². The van der Waals surface area contributed by atoms with Gasteiger partial charge in [0.25, 0.3) is 5.78 Å². The molecule has 0 radical (unpaired) electrons. The molecule has 0 spiro atoms. The molecule has 8 heteroatoms. The zero-order valence-electron chi connectivity index (χ0n) is 10.8. The van der Waals surface area contributed by atoms with Crippen LogP contribution >= 0.6 is 11.6 Å².